The van der Waals surface area contributed by atoms with E-state index in [4.69, 9.17) is 14.2 Å². The molecule has 0 spiro atoms. The van der Waals surface area contributed by atoms with Crippen molar-refractivity contribution in [2.45, 2.75) is 45.4 Å². The molecule has 20 heavy (non-hydrogen) atoms. The molecule has 2 aliphatic rings. The van der Waals surface area contributed by atoms with Gasteiger partial charge in [0, 0.05) is 11.8 Å². The van der Waals surface area contributed by atoms with Gasteiger partial charge in [-0.25, -0.2) is 0 Å². The van der Waals surface area contributed by atoms with E-state index < -0.39 is 6.29 Å². The van der Waals surface area contributed by atoms with Gasteiger partial charge in [-0.2, -0.15) is 0 Å². The normalized spacial score (nSPS) is 36.5. The van der Waals surface area contributed by atoms with E-state index in [1.54, 1.807) is 0 Å². The Labute approximate surface area is 119 Å². The smallest absolute Gasteiger partial charge is 0.310 e. The molecule has 5 atom stereocenters. The van der Waals surface area contributed by atoms with Gasteiger partial charge in [-0.15, -0.1) is 0 Å². The number of carbonyl (C=O) groups is 1. The summed E-state index contributed by atoms with van der Waals surface area (Å²) in [6.45, 7) is 4.69. The number of hydrogen-bond donors (Lipinski definition) is 0. The number of carbonyl (C=O) groups excluding carboxylic acids is 1. The van der Waals surface area contributed by atoms with Crippen molar-refractivity contribution in [3.63, 3.8) is 0 Å². The van der Waals surface area contributed by atoms with E-state index in [1.165, 1.54) is 0 Å². The molecule has 2 saturated heterocycles. The van der Waals surface area contributed by atoms with Crippen LogP contribution in [-0.4, -0.2) is 24.5 Å². The Bertz CT molecular complexity index is 453. The van der Waals surface area contributed by atoms with Gasteiger partial charge in [0.05, 0.1) is 25.2 Å². The lowest BCUT2D eigenvalue weighted by molar-refractivity contribution is -0.285. The maximum atomic E-state index is 11.5. The van der Waals surface area contributed by atoms with Crippen LogP contribution in [0.25, 0.3) is 0 Å². The molecular formula is C16H20O4. The molecule has 1 aromatic carbocycles. The molecule has 0 saturated carbocycles. The molecule has 0 aliphatic carbocycles. The lowest BCUT2D eigenvalue weighted by Gasteiger charge is -2.46. The van der Waals surface area contributed by atoms with Crippen LogP contribution in [0.1, 0.15) is 25.8 Å². The van der Waals surface area contributed by atoms with Gasteiger partial charge >= 0.3 is 5.97 Å². The highest BCUT2D eigenvalue weighted by Gasteiger charge is 2.47. The molecule has 0 unspecified atom stereocenters. The van der Waals surface area contributed by atoms with Crippen LogP contribution in [0.4, 0.5) is 0 Å². The summed E-state index contributed by atoms with van der Waals surface area (Å²) in [6, 6.07) is 10.1. The lowest BCUT2D eigenvalue weighted by Crippen LogP contribution is -2.55. The molecule has 2 heterocycles. The van der Waals surface area contributed by atoms with E-state index in [0.717, 1.165) is 5.56 Å². The van der Waals surface area contributed by atoms with Crippen LogP contribution in [0.2, 0.25) is 0 Å². The number of rotatable bonds is 3. The molecule has 4 heteroatoms. The van der Waals surface area contributed by atoms with E-state index >= 15 is 0 Å². The number of hydrogen-bond acceptors (Lipinski definition) is 4. The van der Waals surface area contributed by atoms with Crippen LogP contribution >= 0.6 is 0 Å². The molecule has 0 aromatic heterocycles. The molecule has 0 N–H and O–H groups in total. The van der Waals surface area contributed by atoms with Crippen molar-refractivity contribution >= 4 is 5.97 Å². The lowest BCUT2D eigenvalue weighted by atomic mass is 9.83. The first-order valence-corrected chi connectivity index (χ1v) is 7.15. The van der Waals surface area contributed by atoms with Gasteiger partial charge in [0.2, 0.25) is 6.29 Å². The second kappa shape index (κ2) is 5.54. The monoisotopic (exact) mass is 276 g/mol. The second-order valence-corrected chi connectivity index (χ2v) is 5.72. The Morgan fingerprint density at radius 1 is 1.20 bits per heavy atom. The van der Waals surface area contributed by atoms with Crippen LogP contribution in [0.15, 0.2) is 30.3 Å². The molecule has 1 aromatic rings. The van der Waals surface area contributed by atoms with Crippen LogP contribution in [0.3, 0.4) is 0 Å². The van der Waals surface area contributed by atoms with E-state index in [2.05, 4.69) is 19.1 Å². The standard InChI is InChI=1S/C16H20O4/c1-10-13-8-14(17)20-16(19-13)11(2)15(10)18-9-12-6-4-3-5-7-12/h3-7,10-11,13,15-16H,8-9H2,1-2H3/t10-,11+,13+,15+,16-/m1/s1. The summed E-state index contributed by atoms with van der Waals surface area (Å²) in [4.78, 5) is 11.5. The summed E-state index contributed by atoms with van der Waals surface area (Å²) in [6.07, 6.45) is -0.168. The van der Waals surface area contributed by atoms with E-state index in [-0.39, 0.29) is 30.0 Å². The summed E-state index contributed by atoms with van der Waals surface area (Å²) in [5, 5.41) is 0. The van der Waals surface area contributed by atoms with Crippen molar-refractivity contribution in [3.8, 4) is 0 Å². The van der Waals surface area contributed by atoms with Crippen LogP contribution in [0.5, 0.6) is 0 Å². The minimum atomic E-state index is -0.460. The molecule has 2 aliphatic heterocycles. The number of benzene rings is 1. The summed E-state index contributed by atoms with van der Waals surface area (Å²) in [5.74, 6) is 0.0819. The molecule has 3 rings (SSSR count). The second-order valence-electron chi connectivity index (χ2n) is 5.72. The van der Waals surface area contributed by atoms with Crippen LogP contribution in [-0.2, 0) is 25.6 Å². The Kier molecular flexibility index (Phi) is 3.76. The summed E-state index contributed by atoms with van der Waals surface area (Å²) in [7, 11) is 0. The highest BCUT2D eigenvalue weighted by molar-refractivity contribution is 5.70. The van der Waals surface area contributed by atoms with Gasteiger partial charge < -0.3 is 14.2 Å². The van der Waals surface area contributed by atoms with Gasteiger partial charge in [-0.3, -0.25) is 4.79 Å². The fraction of sp³-hybridized carbons (Fsp3) is 0.562. The highest BCUT2D eigenvalue weighted by atomic mass is 16.7. The van der Waals surface area contributed by atoms with Gasteiger partial charge in [0.25, 0.3) is 0 Å². The average Bonchev–Trinajstić information content (AvgIpc) is 2.46. The number of ether oxygens (including phenoxy) is 3. The third kappa shape index (κ3) is 2.58. The Hall–Kier alpha value is -1.39. The van der Waals surface area contributed by atoms with Crippen molar-refractivity contribution in [3.05, 3.63) is 35.9 Å². The molecule has 2 bridgehead atoms. The van der Waals surface area contributed by atoms with Gasteiger partial charge in [0.15, 0.2) is 0 Å². The zero-order chi connectivity index (χ0) is 14.1. The first-order valence-electron chi connectivity index (χ1n) is 7.15. The predicted octanol–water partition coefficient (Wildman–Crippen LogP) is 2.52. The number of esters is 1. The van der Waals surface area contributed by atoms with E-state index in [9.17, 15) is 4.79 Å². The van der Waals surface area contributed by atoms with E-state index in [0.29, 0.717) is 13.0 Å². The first-order chi connectivity index (χ1) is 9.65. The predicted molar refractivity (Wildman–Crippen MR) is 72.7 cm³/mol. The Balaban J connectivity index is 1.68. The Morgan fingerprint density at radius 3 is 2.70 bits per heavy atom. The van der Waals surface area contributed by atoms with E-state index in [1.807, 2.05) is 25.1 Å². The summed E-state index contributed by atoms with van der Waals surface area (Å²) in [5.41, 5.74) is 1.15. The largest absolute Gasteiger partial charge is 0.435 e. The fourth-order valence-corrected chi connectivity index (χ4v) is 3.05. The first kappa shape index (κ1) is 13.6. The van der Waals surface area contributed by atoms with Crippen LogP contribution in [0, 0.1) is 11.8 Å². The zero-order valence-electron chi connectivity index (χ0n) is 11.8. The average molecular weight is 276 g/mol. The molecular weight excluding hydrogens is 256 g/mol. The van der Waals surface area contributed by atoms with Crippen molar-refractivity contribution in [1.29, 1.82) is 0 Å². The quantitative estimate of drug-likeness (QED) is 0.796. The van der Waals surface area contributed by atoms with Crippen molar-refractivity contribution in [2.75, 3.05) is 0 Å². The SMILES string of the molecule is C[C@@H]1[C@H]2OC(=O)C[C@H](O2)[C@@H](C)[C@@H]1OCc1ccccc1. The minimum Gasteiger partial charge on any atom is -0.435 e. The molecule has 4 nitrogen and oxygen atoms in total. The minimum absolute atomic E-state index is 0.0482. The maximum absolute atomic E-state index is 11.5. The van der Waals surface area contributed by atoms with Crippen molar-refractivity contribution in [2.24, 2.45) is 11.8 Å². The number of fused-ring (bicyclic) bond motifs is 2. The molecule has 108 valence electrons. The third-order valence-electron chi connectivity index (χ3n) is 4.26. The molecule has 0 amide bonds. The zero-order valence-corrected chi connectivity index (χ0v) is 11.8. The van der Waals surface area contributed by atoms with Crippen molar-refractivity contribution < 1.29 is 19.0 Å². The van der Waals surface area contributed by atoms with Gasteiger partial charge in [0.1, 0.15) is 0 Å². The summed E-state index contributed by atoms with van der Waals surface area (Å²) >= 11 is 0. The molecule has 2 fully saturated rings. The summed E-state index contributed by atoms with van der Waals surface area (Å²) < 4.78 is 17.1. The molecule has 0 radical (unpaired) electrons. The van der Waals surface area contributed by atoms with Gasteiger partial charge in [-0.1, -0.05) is 44.2 Å². The van der Waals surface area contributed by atoms with Gasteiger partial charge in [-0.05, 0) is 5.56 Å². The Morgan fingerprint density at radius 2 is 1.95 bits per heavy atom. The topological polar surface area (TPSA) is 44.8 Å². The van der Waals surface area contributed by atoms with Crippen molar-refractivity contribution in [1.82, 2.24) is 0 Å². The highest BCUT2D eigenvalue weighted by Crippen LogP contribution is 2.37. The third-order valence-corrected chi connectivity index (χ3v) is 4.26. The fourth-order valence-electron chi connectivity index (χ4n) is 3.05. The maximum Gasteiger partial charge on any atom is 0.310 e. The van der Waals surface area contributed by atoms with Crippen LogP contribution < -0.4 is 0 Å².